The van der Waals surface area contributed by atoms with Crippen LogP contribution in [0, 0.1) is 5.92 Å². The van der Waals surface area contributed by atoms with Gasteiger partial charge in [-0.25, -0.2) is 4.98 Å². The van der Waals surface area contributed by atoms with Crippen molar-refractivity contribution in [2.75, 3.05) is 18.4 Å². The molecule has 0 bridgehead atoms. The van der Waals surface area contributed by atoms with Gasteiger partial charge in [0.1, 0.15) is 5.82 Å². The lowest BCUT2D eigenvalue weighted by molar-refractivity contribution is -0.137. The third kappa shape index (κ3) is 3.59. The van der Waals surface area contributed by atoms with Crippen LogP contribution in [0.25, 0.3) is 0 Å². The number of amides is 1. The van der Waals surface area contributed by atoms with E-state index in [-0.39, 0.29) is 23.7 Å². The van der Waals surface area contributed by atoms with Crippen LogP contribution in [-0.2, 0) is 11.0 Å². The summed E-state index contributed by atoms with van der Waals surface area (Å²) in [6, 6.07) is 2.11. The van der Waals surface area contributed by atoms with Gasteiger partial charge < -0.3 is 10.2 Å². The number of hydrogen-bond acceptors (Lipinski definition) is 3. The van der Waals surface area contributed by atoms with E-state index < -0.39 is 11.7 Å². The highest BCUT2D eigenvalue weighted by Crippen LogP contribution is 2.34. The lowest BCUT2D eigenvalue weighted by Gasteiger charge is -2.21. The maximum atomic E-state index is 13.0. The first kappa shape index (κ1) is 16.1. The molecule has 1 unspecified atom stereocenters. The van der Waals surface area contributed by atoms with E-state index in [1.165, 1.54) is 12.3 Å². The van der Waals surface area contributed by atoms with E-state index in [0.717, 1.165) is 31.7 Å². The number of likely N-dealkylation sites (tertiary alicyclic amines) is 1. The molecule has 3 rings (SSSR count). The van der Waals surface area contributed by atoms with Gasteiger partial charge in [0.25, 0.3) is 0 Å². The third-order valence-corrected chi connectivity index (χ3v) is 4.66. The molecule has 1 aliphatic carbocycles. The van der Waals surface area contributed by atoms with Crippen LogP contribution in [-0.4, -0.2) is 34.9 Å². The Kier molecular flexibility index (Phi) is 4.46. The monoisotopic (exact) mass is 327 g/mol. The van der Waals surface area contributed by atoms with Gasteiger partial charge >= 0.3 is 6.18 Å². The van der Waals surface area contributed by atoms with Crippen molar-refractivity contribution >= 4 is 11.7 Å². The van der Waals surface area contributed by atoms with Crippen molar-refractivity contribution in [1.29, 1.82) is 0 Å². The maximum absolute atomic E-state index is 13.0. The summed E-state index contributed by atoms with van der Waals surface area (Å²) in [5.74, 6) is 0.110. The zero-order valence-electron chi connectivity index (χ0n) is 12.8. The predicted octanol–water partition coefficient (Wildman–Crippen LogP) is 3.30. The number of carbonyl (C=O) groups excluding carboxylic acids is 1. The fraction of sp³-hybridized carbons (Fsp3) is 0.625. The zero-order valence-corrected chi connectivity index (χ0v) is 12.8. The second kappa shape index (κ2) is 6.37. The molecule has 1 N–H and O–H groups in total. The SMILES string of the molecule is O=C(C1CCCC1)N1CCC(Nc2ncccc2C(F)(F)F)C1. The molecule has 1 aliphatic heterocycles. The fourth-order valence-electron chi connectivity index (χ4n) is 3.45. The first-order chi connectivity index (χ1) is 10.9. The highest BCUT2D eigenvalue weighted by Gasteiger charge is 2.36. The molecule has 0 radical (unpaired) electrons. The Morgan fingerprint density at radius 2 is 2.00 bits per heavy atom. The Bertz CT molecular complexity index is 570. The minimum absolute atomic E-state index is 0.106. The van der Waals surface area contributed by atoms with Gasteiger partial charge in [-0.15, -0.1) is 0 Å². The summed E-state index contributed by atoms with van der Waals surface area (Å²) in [6.45, 7) is 1.05. The number of alkyl halides is 3. The number of hydrogen-bond donors (Lipinski definition) is 1. The molecule has 1 aromatic heterocycles. The molecule has 7 heteroatoms. The van der Waals surface area contributed by atoms with Crippen molar-refractivity contribution in [1.82, 2.24) is 9.88 Å². The first-order valence-corrected chi connectivity index (χ1v) is 8.02. The summed E-state index contributed by atoms with van der Waals surface area (Å²) in [5.41, 5.74) is -0.763. The number of nitrogens with one attached hydrogen (secondary N) is 1. The van der Waals surface area contributed by atoms with E-state index in [1.807, 2.05) is 0 Å². The second-order valence-corrected chi connectivity index (χ2v) is 6.29. The summed E-state index contributed by atoms with van der Waals surface area (Å²) in [7, 11) is 0. The maximum Gasteiger partial charge on any atom is 0.419 e. The molecule has 1 amide bonds. The van der Waals surface area contributed by atoms with Crippen LogP contribution in [0.2, 0.25) is 0 Å². The molecule has 0 spiro atoms. The van der Waals surface area contributed by atoms with E-state index in [4.69, 9.17) is 0 Å². The van der Waals surface area contributed by atoms with E-state index >= 15 is 0 Å². The minimum atomic E-state index is -4.44. The summed E-state index contributed by atoms with van der Waals surface area (Å²) in [6.07, 6.45) is 1.61. The molecule has 1 saturated carbocycles. The molecule has 2 aliphatic rings. The predicted molar refractivity (Wildman–Crippen MR) is 79.8 cm³/mol. The summed E-state index contributed by atoms with van der Waals surface area (Å²) >= 11 is 0. The van der Waals surface area contributed by atoms with Crippen molar-refractivity contribution in [3.8, 4) is 0 Å². The van der Waals surface area contributed by atoms with Gasteiger partial charge in [0.15, 0.2) is 0 Å². The van der Waals surface area contributed by atoms with Gasteiger partial charge in [0.05, 0.1) is 5.56 Å². The Labute approximate surface area is 133 Å². The third-order valence-electron chi connectivity index (χ3n) is 4.66. The van der Waals surface area contributed by atoms with Crippen molar-refractivity contribution in [3.05, 3.63) is 23.9 Å². The highest BCUT2D eigenvalue weighted by molar-refractivity contribution is 5.79. The van der Waals surface area contributed by atoms with Crippen LogP contribution in [0.4, 0.5) is 19.0 Å². The van der Waals surface area contributed by atoms with Crippen molar-refractivity contribution in [2.24, 2.45) is 5.92 Å². The zero-order chi connectivity index (χ0) is 16.4. The highest BCUT2D eigenvalue weighted by atomic mass is 19.4. The van der Waals surface area contributed by atoms with E-state index in [1.54, 1.807) is 4.90 Å². The molecule has 2 heterocycles. The van der Waals surface area contributed by atoms with Gasteiger partial charge in [-0.3, -0.25) is 4.79 Å². The lowest BCUT2D eigenvalue weighted by atomic mass is 10.1. The largest absolute Gasteiger partial charge is 0.419 e. The standard InChI is InChI=1S/C16H20F3N3O/c17-16(18,19)13-6-3-8-20-14(13)21-12-7-9-22(10-12)15(23)11-4-1-2-5-11/h3,6,8,11-12H,1-2,4-5,7,9-10H2,(H,20,21). The minimum Gasteiger partial charge on any atom is -0.365 e. The summed E-state index contributed by atoms with van der Waals surface area (Å²) in [4.78, 5) is 18.0. The molecule has 4 nitrogen and oxygen atoms in total. The Morgan fingerprint density at radius 1 is 1.26 bits per heavy atom. The molecule has 126 valence electrons. The van der Waals surface area contributed by atoms with Crippen LogP contribution >= 0.6 is 0 Å². The normalized spacial score (nSPS) is 22.6. The Morgan fingerprint density at radius 3 is 2.70 bits per heavy atom. The number of halogens is 3. The van der Waals surface area contributed by atoms with E-state index in [9.17, 15) is 18.0 Å². The molecular weight excluding hydrogens is 307 g/mol. The van der Waals surface area contributed by atoms with Gasteiger partial charge in [0.2, 0.25) is 5.91 Å². The van der Waals surface area contributed by atoms with Crippen LogP contribution in [0.3, 0.4) is 0 Å². The topological polar surface area (TPSA) is 45.2 Å². The molecular formula is C16H20F3N3O. The molecule has 2 fully saturated rings. The first-order valence-electron chi connectivity index (χ1n) is 8.02. The number of pyridine rings is 1. The molecule has 1 saturated heterocycles. The Hall–Kier alpha value is -1.79. The number of nitrogens with zero attached hydrogens (tertiary/aromatic N) is 2. The number of aromatic nitrogens is 1. The molecule has 1 aromatic rings. The smallest absolute Gasteiger partial charge is 0.365 e. The van der Waals surface area contributed by atoms with Gasteiger partial charge in [-0.1, -0.05) is 12.8 Å². The van der Waals surface area contributed by atoms with Gasteiger partial charge in [0, 0.05) is 31.2 Å². The quantitative estimate of drug-likeness (QED) is 0.926. The van der Waals surface area contributed by atoms with Gasteiger partial charge in [-0.05, 0) is 31.4 Å². The van der Waals surface area contributed by atoms with Crippen LogP contribution in [0.15, 0.2) is 18.3 Å². The molecule has 0 aromatic carbocycles. The van der Waals surface area contributed by atoms with Crippen LogP contribution in [0.1, 0.15) is 37.7 Å². The van der Waals surface area contributed by atoms with Crippen LogP contribution < -0.4 is 5.32 Å². The lowest BCUT2D eigenvalue weighted by Crippen LogP contribution is -2.35. The average molecular weight is 327 g/mol. The van der Waals surface area contributed by atoms with Crippen molar-refractivity contribution in [3.63, 3.8) is 0 Å². The van der Waals surface area contributed by atoms with Gasteiger partial charge in [-0.2, -0.15) is 13.2 Å². The number of rotatable bonds is 3. The van der Waals surface area contributed by atoms with E-state index in [0.29, 0.717) is 19.5 Å². The number of anilines is 1. The second-order valence-electron chi connectivity index (χ2n) is 6.29. The number of carbonyl (C=O) groups is 1. The molecule has 23 heavy (non-hydrogen) atoms. The summed E-state index contributed by atoms with van der Waals surface area (Å²) in [5, 5.41) is 2.87. The summed E-state index contributed by atoms with van der Waals surface area (Å²) < 4.78 is 39.0. The van der Waals surface area contributed by atoms with Crippen LogP contribution in [0.5, 0.6) is 0 Å². The average Bonchev–Trinajstić information content (AvgIpc) is 3.17. The van der Waals surface area contributed by atoms with Crippen molar-refractivity contribution in [2.45, 2.75) is 44.3 Å². The fourth-order valence-corrected chi connectivity index (χ4v) is 3.45. The Balaban J connectivity index is 1.63. The molecule has 1 atom stereocenters. The van der Waals surface area contributed by atoms with Crippen molar-refractivity contribution < 1.29 is 18.0 Å². The van der Waals surface area contributed by atoms with E-state index in [2.05, 4.69) is 10.3 Å².